The molecule has 0 bridgehead atoms. The molecule has 1 aliphatic carbocycles. The molecule has 3 heteroatoms. The molecule has 94 valence electrons. The van der Waals surface area contributed by atoms with Gasteiger partial charge in [0.15, 0.2) is 0 Å². The number of halogens is 2. The Morgan fingerprint density at radius 2 is 1.94 bits per heavy atom. The van der Waals surface area contributed by atoms with E-state index in [1.807, 2.05) is 12.1 Å². The largest absolute Gasteiger partial charge is 0.324 e. The van der Waals surface area contributed by atoms with Crippen LogP contribution in [0.15, 0.2) is 18.2 Å². The Morgan fingerprint density at radius 1 is 1.24 bits per heavy atom. The maximum Gasteiger partial charge on any atom is 0.0453 e. The molecule has 0 amide bonds. The molecule has 1 atom stereocenters. The monoisotopic (exact) mass is 271 g/mol. The van der Waals surface area contributed by atoms with Crippen molar-refractivity contribution in [1.82, 2.24) is 0 Å². The predicted octanol–water partition coefficient (Wildman–Crippen LogP) is 4.44. The van der Waals surface area contributed by atoms with Gasteiger partial charge in [-0.2, -0.15) is 0 Å². The van der Waals surface area contributed by atoms with Gasteiger partial charge in [0.2, 0.25) is 0 Å². The van der Waals surface area contributed by atoms with Crippen LogP contribution in [0.25, 0.3) is 0 Å². The lowest BCUT2D eigenvalue weighted by Gasteiger charge is -2.38. The van der Waals surface area contributed by atoms with Gasteiger partial charge >= 0.3 is 0 Å². The quantitative estimate of drug-likeness (QED) is 0.846. The van der Waals surface area contributed by atoms with Gasteiger partial charge in [0.1, 0.15) is 0 Å². The van der Waals surface area contributed by atoms with Crippen molar-refractivity contribution in [2.75, 3.05) is 0 Å². The van der Waals surface area contributed by atoms with Crippen molar-refractivity contribution in [2.45, 2.75) is 45.1 Å². The molecule has 2 N–H and O–H groups in total. The molecule has 17 heavy (non-hydrogen) atoms. The number of benzene rings is 1. The summed E-state index contributed by atoms with van der Waals surface area (Å²) in [5.74, 6) is 0. The highest BCUT2D eigenvalue weighted by Gasteiger charge is 2.45. The lowest BCUT2D eigenvalue weighted by molar-refractivity contribution is 0.207. The summed E-state index contributed by atoms with van der Waals surface area (Å²) in [4.78, 5) is 0. The summed E-state index contributed by atoms with van der Waals surface area (Å²) in [5.41, 5.74) is 7.72. The fraction of sp³-hybridized carbons (Fsp3) is 0.571. The minimum absolute atomic E-state index is 0.148. The zero-order chi connectivity index (χ0) is 12.7. The minimum Gasteiger partial charge on any atom is -0.324 e. The van der Waals surface area contributed by atoms with Gasteiger partial charge < -0.3 is 5.73 Å². The molecule has 1 unspecified atom stereocenters. The second-order valence-electron chi connectivity index (χ2n) is 5.81. The van der Waals surface area contributed by atoms with Gasteiger partial charge in [-0.25, -0.2) is 0 Å². The third-order valence-corrected chi connectivity index (χ3v) is 4.88. The minimum atomic E-state index is -0.148. The zero-order valence-electron chi connectivity index (χ0n) is 10.4. The summed E-state index contributed by atoms with van der Waals surface area (Å²) in [6.07, 6.45) is 4.29. The van der Waals surface area contributed by atoms with Crippen LogP contribution < -0.4 is 5.73 Å². The van der Waals surface area contributed by atoms with Crippen LogP contribution in [0.1, 0.15) is 38.7 Å². The Bertz CT molecular complexity index is 428. The van der Waals surface area contributed by atoms with Crippen molar-refractivity contribution in [1.29, 1.82) is 0 Å². The number of rotatable bonds is 2. The molecule has 0 spiro atoms. The Kier molecular flexibility index (Phi) is 3.46. The lowest BCUT2D eigenvalue weighted by atomic mass is 9.72. The van der Waals surface area contributed by atoms with Gasteiger partial charge in [-0.1, -0.05) is 49.5 Å². The maximum absolute atomic E-state index is 6.58. The van der Waals surface area contributed by atoms with E-state index in [2.05, 4.69) is 13.8 Å². The van der Waals surface area contributed by atoms with Crippen LogP contribution in [0.5, 0.6) is 0 Å². The van der Waals surface area contributed by atoms with Crippen molar-refractivity contribution < 1.29 is 0 Å². The highest BCUT2D eigenvalue weighted by molar-refractivity contribution is 6.35. The standard InChI is InChI=1S/C14H19Cl2N/c1-13(2)6-3-7-14(13,17)9-10-4-5-11(15)8-12(10)16/h4-5,8H,3,6-7,9,17H2,1-2H3. The molecule has 0 aromatic heterocycles. The van der Waals surface area contributed by atoms with Gasteiger partial charge in [0.05, 0.1) is 0 Å². The van der Waals surface area contributed by atoms with E-state index in [4.69, 9.17) is 28.9 Å². The van der Waals surface area contributed by atoms with Crippen molar-refractivity contribution in [2.24, 2.45) is 11.1 Å². The summed E-state index contributed by atoms with van der Waals surface area (Å²) < 4.78 is 0. The molecule has 1 saturated carbocycles. The number of nitrogens with two attached hydrogens (primary N) is 1. The molecule has 1 nitrogen and oxygen atoms in total. The first-order chi connectivity index (χ1) is 7.84. The Hall–Kier alpha value is -0.240. The van der Waals surface area contributed by atoms with Crippen molar-refractivity contribution >= 4 is 23.2 Å². The summed E-state index contributed by atoms with van der Waals surface area (Å²) in [6, 6.07) is 5.67. The van der Waals surface area contributed by atoms with Crippen LogP contribution in [0.4, 0.5) is 0 Å². The molecular formula is C14H19Cl2N. The third-order valence-electron chi connectivity index (χ3n) is 4.29. The van der Waals surface area contributed by atoms with Crippen molar-refractivity contribution in [3.05, 3.63) is 33.8 Å². The maximum atomic E-state index is 6.58. The molecule has 1 aliphatic rings. The van der Waals surface area contributed by atoms with Gasteiger partial charge in [0, 0.05) is 15.6 Å². The van der Waals surface area contributed by atoms with E-state index in [1.54, 1.807) is 6.07 Å². The van der Waals surface area contributed by atoms with Crippen LogP contribution in [0.3, 0.4) is 0 Å². The van der Waals surface area contributed by atoms with E-state index in [1.165, 1.54) is 12.8 Å². The summed E-state index contributed by atoms with van der Waals surface area (Å²) >= 11 is 12.1. The van der Waals surface area contributed by atoms with Gasteiger partial charge in [-0.3, -0.25) is 0 Å². The van der Waals surface area contributed by atoms with Crippen molar-refractivity contribution in [3.63, 3.8) is 0 Å². The van der Waals surface area contributed by atoms with E-state index >= 15 is 0 Å². The summed E-state index contributed by atoms with van der Waals surface area (Å²) in [7, 11) is 0. The van der Waals surface area contributed by atoms with Crippen LogP contribution in [-0.4, -0.2) is 5.54 Å². The molecule has 1 fully saturated rings. The second kappa shape index (κ2) is 4.46. The van der Waals surface area contributed by atoms with E-state index in [9.17, 15) is 0 Å². The second-order valence-corrected chi connectivity index (χ2v) is 6.65. The van der Waals surface area contributed by atoms with E-state index < -0.39 is 0 Å². The van der Waals surface area contributed by atoms with E-state index in [0.717, 1.165) is 23.4 Å². The number of hydrogen-bond acceptors (Lipinski definition) is 1. The summed E-state index contributed by atoms with van der Waals surface area (Å²) in [6.45, 7) is 4.51. The molecule has 0 heterocycles. The summed E-state index contributed by atoms with van der Waals surface area (Å²) in [5, 5.41) is 1.40. The third kappa shape index (κ3) is 2.47. The van der Waals surface area contributed by atoms with Gasteiger partial charge in [-0.05, 0) is 42.4 Å². The first-order valence-corrected chi connectivity index (χ1v) is 6.82. The first kappa shape index (κ1) is 13.2. The van der Waals surface area contributed by atoms with Gasteiger partial charge in [-0.15, -0.1) is 0 Å². The molecular weight excluding hydrogens is 253 g/mol. The highest BCUT2D eigenvalue weighted by Crippen LogP contribution is 2.46. The number of hydrogen-bond donors (Lipinski definition) is 1. The zero-order valence-corrected chi connectivity index (χ0v) is 11.9. The molecule has 0 aliphatic heterocycles. The highest BCUT2D eigenvalue weighted by atomic mass is 35.5. The molecule has 2 rings (SSSR count). The first-order valence-electron chi connectivity index (χ1n) is 6.07. The normalized spacial score (nSPS) is 27.4. The predicted molar refractivity (Wildman–Crippen MR) is 74.7 cm³/mol. The van der Waals surface area contributed by atoms with Crippen LogP contribution in [0, 0.1) is 5.41 Å². The van der Waals surface area contributed by atoms with E-state index in [0.29, 0.717) is 5.02 Å². The molecule has 0 saturated heterocycles. The average Bonchev–Trinajstić information content (AvgIpc) is 2.46. The van der Waals surface area contributed by atoms with Crippen LogP contribution in [-0.2, 0) is 6.42 Å². The van der Waals surface area contributed by atoms with Crippen molar-refractivity contribution in [3.8, 4) is 0 Å². The fourth-order valence-corrected chi connectivity index (χ4v) is 3.24. The van der Waals surface area contributed by atoms with E-state index in [-0.39, 0.29) is 11.0 Å². The average molecular weight is 272 g/mol. The Balaban J connectivity index is 2.26. The van der Waals surface area contributed by atoms with Crippen LogP contribution >= 0.6 is 23.2 Å². The van der Waals surface area contributed by atoms with Crippen LogP contribution in [0.2, 0.25) is 10.0 Å². The molecule has 1 aromatic carbocycles. The SMILES string of the molecule is CC1(C)CCCC1(N)Cc1ccc(Cl)cc1Cl. The topological polar surface area (TPSA) is 26.0 Å². The molecule has 0 radical (unpaired) electrons. The molecule has 1 aromatic rings. The Labute approximate surface area is 113 Å². The fourth-order valence-electron chi connectivity index (χ4n) is 2.77. The smallest absolute Gasteiger partial charge is 0.0453 e. The Morgan fingerprint density at radius 3 is 2.47 bits per heavy atom. The van der Waals surface area contributed by atoms with Gasteiger partial charge in [0.25, 0.3) is 0 Å². The lowest BCUT2D eigenvalue weighted by Crippen LogP contribution is -2.50.